The normalized spacial score (nSPS) is 11.0. The van der Waals surface area contributed by atoms with Gasteiger partial charge in [0.15, 0.2) is 16.6 Å². The number of aryl methyl sites for hydroxylation is 2. The molecule has 0 radical (unpaired) electrons. The molecule has 23 heavy (non-hydrogen) atoms. The van der Waals surface area contributed by atoms with Gasteiger partial charge in [0.25, 0.3) is 5.56 Å². The van der Waals surface area contributed by atoms with Gasteiger partial charge in [-0.3, -0.25) is 9.20 Å². The van der Waals surface area contributed by atoms with Crippen molar-refractivity contribution in [1.82, 2.24) is 14.4 Å². The number of aromatic nitrogens is 3. The Hall–Kier alpha value is -2.47. The van der Waals surface area contributed by atoms with Gasteiger partial charge in [0.1, 0.15) is 0 Å². The van der Waals surface area contributed by atoms with E-state index in [0.29, 0.717) is 23.5 Å². The maximum Gasteiger partial charge on any atom is 0.258 e. The second-order valence-corrected chi connectivity index (χ2v) is 5.49. The molecule has 0 bridgehead atoms. The molecule has 0 spiro atoms. The summed E-state index contributed by atoms with van der Waals surface area (Å²) in [4.78, 5) is 20.3. The third-order valence-electron chi connectivity index (χ3n) is 3.51. The van der Waals surface area contributed by atoms with Gasteiger partial charge < -0.3 is 5.32 Å². The van der Waals surface area contributed by atoms with Crippen molar-refractivity contribution in [3.8, 4) is 0 Å². The highest BCUT2D eigenvalue weighted by Gasteiger charge is 2.11. The zero-order valence-corrected chi connectivity index (χ0v) is 13.4. The number of hydrogen-bond acceptors (Lipinski definition) is 4. The maximum atomic E-state index is 14.3. The monoisotopic (exact) mass is 332 g/mol. The fourth-order valence-corrected chi connectivity index (χ4v) is 2.53. The quantitative estimate of drug-likeness (QED) is 0.746. The summed E-state index contributed by atoms with van der Waals surface area (Å²) in [6.45, 7) is 3.72. The van der Waals surface area contributed by atoms with E-state index in [0.717, 1.165) is 5.56 Å². The predicted octanol–water partition coefficient (Wildman–Crippen LogP) is 3.50. The Morgan fingerprint density at radius 1 is 1.39 bits per heavy atom. The van der Waals surface area contributed by atoms with Gasteiger partial charge in [0, 0.05) is 30.2 Å². The molecule has 3 aromatic heterocycles. The zero-order valence-electron chi connectivity index (χ0n) is 12.6. The Balaban J connectivity index is 2.13. The van der Waals surface area contributed by atoms with Crippen molar-refractivity contribution in [2.45, 2.75) is 20.3 Å². The van der Waals surface area contributed by atoms with Crippen LogP contribution < -0.4 is 10.9 Å². The first-order chi connectivity index (χ1) is 11.0. The average Bonchev–Trinajstić information content (AvgIpc) is 2.52. The molecule has 0 aliphatic rings. The lowest BCUT2D eigenvalue weighted by Gasteiger charge is -2.12. The Morgan fingerprint density at radius 2 is 2.17 bits per heavy atom. The fraction of sp³-hybridized carbons (Fsp3) is 0.188. The maximum absolute atomic E-state index is 14.3. The van der Waals surface area contributed by atoms with Gasteiger partial charge in [-0.25, -0.2) is 14.4 Å². The molecule has 0 aromatic carbocycles. The number of nitrogens with one attached hydrogen (secondary N) is 1. The molecule has 0 aliphatic heterocycles. The van der Waals surface area contributed by atoms with Crippen molar-refractivity contribution in [3.05, 3.63) is 63.2 Å². The summed E-state index contributed by atoms with van der Waals surface area (Å²) in [7, 11) is 0. The highest BCUT2D eigenvalue weighted by molar-refractivity contribution is 6.32. The van der Waals surface area contributed by atoms with Crippen LogP contribution in [-0.4, -0.2) is 14.4 Å². The minimum atomic E-state index is -0.583. The first-order valence-electron chi connectivity index (χ1n) is 7.09. The minimum Gasteiger partial charge on any atom is -0.351 e. The van der Waals surface area contributed by atoms with Crippen LogP contribution in [0.4, 0.5) is 15.8 Å². The SMILES string of the molecule is CCc1cc(=O)n2cc(Nc3c(C)ccnc3Cl)cc(F)c2n1. The van der Waals surface area contributed by atoms with Gasteiger partial charge in [-0.05, 0) is 25.0 Å². The van der Waals surface area contributed by atoms with Gasteiger partial charge in [0.05, 0.1) is 11.4 Å². The molecule has 0 atom stereocenters. The predicted molar refractivity (Wildman–Crippen MR) is 88.1 cm³/mol. The smallest absolute Gasteiger partial charge is 0.258 e. The third-order valence-corrected chi connectivity index (χ3v) is 3.80. The Morgan fingerprint density at radius 3 is 2.87 bits per heavy atom. The van der Waals surface area contributed by atoms with Gasteiger partial charge in [-0.1, -0.05) is 18.5 Å². The number of anilines is 2. The van der Waals surface area contributed by atoms with Gasteiger partial charge in [-0.2, -0.15) is 0 Å². The standard InChI is InChI=1S/C16H14ClFN4O/c1-3-10-7-13(23)22-8-11(6-12(18)16(22)21-10)20-14-9(2)4-5-19-15(14)17/h4-8,20H,3H2,1-2H3. The van der Waals surface area contributed by atoms with Crippen LogP contribution in [0.1, 0.15) is 18.2 Å². The Bertz CT molecular complexity index is 934. The van der Waals surface area contributed by atoms with E-state index in [2.05, 4.69) is 15.3 Å². The van der Waals surface area contributed by atoms with E-state index in [1.165, 1.54) is 22.7 Å². The molecule has 5 nitrogen and oxygen atoms in total. The topological polar surface area (TPSA) is 59.3 Å². The van der Waals surface area contributed by atoms with E-state index >= 15 is 0 Å². The Kier molecular flexibility index (Phi) is 4.00. The van der Waals surface area contributed by atoms with Crippen LogP contribution in [0.25, 0.3) is 5.65 Å². The van der Waals surface area contributed by atoms with Gasteiger partial charge in [-0.15, -0.1) is 0 Å². The molecule has 3 aromatic rings. The van der Waals surface area contributed by atoms with E-state index in [1.54, 1.807) is 12.3 Å². The van der Waals surface area contributed by atoms with Crippen molar-refractivity contribution in [2.75, 3.05) is 5.32 Å². The molecule has 0 saturated carbocycles. The second kappa shape index (κ2) is 5.96. The van der Waals surface area contributed by atoms with Crippen LogP contribution in [0.3, 0.4) is 0 Å². The number of fused-ring (bicyclic) bond motifs is 1. The fourth-order valence-electron chi connectivity index (χ4n) is 2.28. The van der Waals surface area contributed by atoms with Crippen molar-refractivity contribution in [3.63, 3.8) is 0 Å². The summed E-state index contributed by atoms with van der Waals surface area (Å²) < 4.78 is 15.5. The summed E-state index contributed by atoms with van der Waals surface area (Å²) in [6.07, 6.45) is 3.65. The lowest BCUT2D eigenvalue weighted by molar-refractivity contribution is 0.626. The molecule has 0 fully saturated rings. The molecule has 0 unspecified atom stereocenters. The Labute approximate surface area is 136 Å². The summed E-state index contributed by atoms with van der Waals surface area (Å²) >= 11 is 6.06. The number of pyridine rings is 2. The summed E-state index contributed by atoms with van der Waals surface area (Å²) in [5.74, 6) is -0.583. The lowest BCUT2D eigenvalue weighted by Crippen LogP contribution is -2.17. The number of rotatable bonds is 3. The summed E-state index contributed by atoms with van der Waals surface area (Å²) in [5.41, 5.74) is 2.05. The molecule has 118 valence electrons. The van der Waals surface area contributed by atoms with E-state index in [-0.39, 0.29) is 16.4 Å². The molecule has 7 heteroatoms. The molecule has 3 rings (SSSR count). The molecule has 0 aliphatic carbocycles. The number of hydrogen-bond donors (Lipinski definition) is 1. The summed E-state index contributed by atoms with van der Waals surface area (Å²) in [6, 6.07) is 4.47. The number of halogens is 2. The zero-order chi connectivity index (χ0) is 16.6. The van der Waals surface area contributed by atoms with E-state index in [1.807, 2.05) is 13.8 Å². The van der Waals surface area contributed by atoms with Gasteiger partial charge in [0.2, 0.25) is 0 Å². The van der Waals surface area contributed by atoms with Crippen molar-refractivity contribution < 1.29 is 4.39 Å². The molecular formula is C16H14ClFN4O. The third kappa shape index (κ3) is 2.90. The van der Waals surface area contributed by atoms with Crippen LogP contribution in [0.2, 0.25) is 5.15 Å². The molecule has 0 amide bonds. The molecule has 0 saturated heterocycles. The van der Waals surface area contributed by atoms with Crippen LogP contribution in [0.15, 0.2) is 35.4 Å². The van der Waals surface area contributed by atoms with Crippen molar-refractivity contribution >= 4 is 28.6 Å². The van der Waals surface area contributed by atoms with Crippen LogP contribution in [0, 0.1) is 12.7 Å². The van der Waals surface area contributed by atoms with E-state index in [9.17, 15) is 9.18 Å². The lowest BCUT2D eigenvalue weighted by atomic mass is 10.2. The van der Waals surface area contributed by atoms with Crippen LogP contribution in [-0.2, 0) is 6.42 Å². The van der Waals surface area contributed by atoms with Crippen LogP contribution >= 0.6 is 11.6 Å². The molecule has 1 N–H and O–H groups in total. The molecule has 3 heterocycles. The van der Waals surface area contributed by atoms with Crippen molar-refractivity contribution in [1.29, 1.82) is 0 Å². The van der Waals surface area contributed by atoms with Crippen molar-refractivity contribution in [2.24, 2.45) is 0 Å². The average molecular weight is 333 g/mol. The highest BCUT2D eigenvalue weighted by atomic mass is 35.5. The number of nitrogens with zero attached hydrogens (tertiary/aromatic N) is 3. The first-order valence-corrected chi connectivity index (χ1v) is 7.47. The highest BCUT2D eigenvalue weighted by Crippen LogP contribution is 2.27. The van der Waals surface area contributed by atoms with E-state index in [4.69, 9.17) is 11.6 Å². The minimum absolute atomic E-state index is 0.00825. The first kappa shape index (κ1) is 15.4. The molecular weight excluding hydrogens is 319 g/mol. The summed E-state index contributed by atoms with van der Waals surface area (Å²) in [5, 5.41) is 3.28. The van der Waals surface area contributed by atoms with Crippen LogP contribution in [0.5, 0.6) is 0 Å². The van der Waals surface area contributed by atoms with Gasteiger partial charge >= 0.3 is 0 Å². The van der Waals surface area contributed by atoms with E-state index < -0.39 is 5.82 Å². The largest absolute Gasteiger partial charge is 0.351 e. The second-order valence-electron chi connectivity index (χ2n) is 5.13.